The monoisotopic (exact) mass is 535 g/mol. The maximum absolute atomic E-state index is 12.5. The number of para-hydroxylation sites is 1. The Labute approximate surface area is 230 Å². The molecule has 3 heterocycles. The van der Waals surface area contributed by atoms with Crippen molar-refractivity contribution in [3.8, 4) is 11.3 Å². The molecule has 1 saturated carbocycles. The van der Waals surface area contributed by atoms with Gasteiger partial charge in [0.1, 0.15) is 0 Å². The van der Waals surface area contributed by atoms with Gasteiger partial charge in [-0.25, -0.2) is 9.97 Å². The Balaban J connectivity index is 1.20. The number of aromatic amines is 1. The summed E-state index contributed by atoms with van der Waals surface area (Å²) in [5.74, 6) is 0.743. The van der Waals surface area contributed by atoms with Gasteiger partial charge in [-0.1, -0.05) is 35.9 Å². The highest BCUT2D eigenvalue weighted by Crippen LogP contribution is 2.34. The molecule has 2 aliphatic rings. The van der Waals surface area contributed by atoms with E-state index in [9.17, 15) is 4.79 Å². The average molecular weight is 536 g/mol. The van der Waals surface area contributed by atoms with Gasteiger partial charge in [0.25, 0.3) is 0 Å². The summed E-state index contributed by atoms with van der Waals surface area (Å²) in [5.41, 5.74) is 4.03. The van der Waals surface area contributed by atoms with Crippen LogP contribution in [0.15, 0.2) is 42.7 Å². The van der Waals surface area contributed by atoms with Crippen molar-refractivity contribution in [3.05, 3.63) is 53.3 Å². The molecule has 2 fully saturated rings. The minimum Gasteiger partial charge on any atom is -0.360 e. The Morgan fingerprint density at radius 1 is 1.24 bits per heavy atom. The molecule has 0 bridgehead atoms. The zero-order chi connectivity index (χ0) is 26.6. The second kappa shape index (κ2) is 11.8. The van der Waals surface area contributed by atoms with Crippen LogP contribution in [-0.2, 0) is 4.79 Å². The number of rotatable bonds is 7. The Bertz CT molecular complexity index is 1300. The van der Waals surface area contributed by atoms with Gasteiger partial charge in [0.2, 0.25) is 11.9 Å². The molecule has 1 saturated heterocycles. The molecule has 2 N–H and O–H groups in total. The second-order valence-corrected chi connectivity index (χ2v) is 11.2. The number of carbonyl (C=O) groups excluding carboxylic acids is 1. The number of aryl methyl sites for hydroxylation is 1. The smallest absolute Gasteiger partial charge is 0.246 e. The van der Waals surface area contributed by atoms with Crippen LogP contribution in [0.4, 0.5) is 5.95 Å². The fraction of sp³-hybridized carbons (Fsp3) is 0.483. The Morgan fingerprint density at radius 2 is 2.05 bits per heavy atom. The number of nitrogens with zero attached hydrogens (tertiary/aromatic N) is 5. The van der Waals surface area contributed by atoms with E-state index >= 15 is 0 Å². The molecule has 2 atom stereocenters. The fourth-order valence-electron chi connectivity index (χ4n) is 5.71. The number of benzene rings is 1. The molecule has 0 spiro atoms. The first-order chi connectivity index (χ1) is 18.4. The van der Waals surface area contributed by atoms with Gasteiger partial charge in [0, 0.05) is 73.5 Å². The number of nitrogens with one attached hydrogen (secondary N) is 2. The van der Waals surface area contributed by atoms with Gasteiger partial charge in [-0.2, -0.15) is 0 Å². The molecule has 0 unspecified atom stereocenters. The number of halogens is 1. The average Bonchev–Trinajstić information content (AvgIpc) is 3.35. The quantitative estimate of drug-likeness (QED) is 0.431. The highest BCUT2D eigenvalue weighted by Gasteiger charge is 2.30. The second-order valence-electron chi connectivity index (χ2n) is 10.8. The highest BCUT2D eigenvalue weighted by molar-refractivity contribution is 6.33. The van der Waals surface area contributed by atoms with Crippen LogP contribution in [0.3, 0.4) is 0 Å². The van der Waals surface area contributed by atoms with Gasteiger partial charge < -0.3 is 20.1 Å². The maximum Gasteiger partial charge on any atom is 0.246 e. The van der Waals surface area contributed by atoms with Crippen LogP contribution in [0.2, 0.25) is 5.02 Å². The summed E-state index contributed by atoms with van der Waals surface area (Å²) in [6.07, 6.45) is 11.8. The molecule has 0 radical (unpaired) electrons. The first kappa shape index (κ1) is 26.7. The number of hydrogen-bond acceptors (Lipinski definition) is 6. The summed E-state index contributed by atoms with van der Waals surface area (Å²) < 4.78 is 0. The number of likely N-dealkylation sites (N-methyl/N-ethyl adjacent to an activating group) is 1. The number of anilines is 1. The van der Waals surface area contributed by atoms with Crippen LogP contribution < -0.4 is 5.32 Å². The van der Waals surface area contributed by atoms with Gasteiger partial charge >= 0.3 is 0 Å². The van der Waals surface area contributed by atoms with Crippen LogP contribution in [0.5, 0.6) is 0 Å². The van der Waals surface area contributed by atoms with E-state index in [4.69, 9.17) is 16.6 Å². The van der Waals surface area contributed by atoms with Crippen molar-refractivity contribution >= 4 is 34.4 Å². The molecule has 5 rings (SSSR count). The van der Waals surface area contributed by atoms with Gasteiger partial charge in [-0.15, -0.1) is 0 Å². The first-order valence-corrected chi connectivity index (χ1v) is 14.0. The SMILES string of the molecule is Cc1cccc2c(-c3nc(N[C@@H]4CCC[C@H](N5CCN(C(=O)/C=C/CN(C)C)CC5)C4)ncc3Cl)c[nH]c12. The largest absolute Gasteiger partial charge is 0.360 e. The highest BCUT2D eigenvalue weighted by atomic mass is 35.5. The molecule has 202 valence electrons. The van der Waals surface area contributed by atoms with Crippen molar-refractivity contribution in [2.45, 2.75) is 44.7 Å². The predicted molar refractivity (Wildman–Crippen MR) is 155 cm³/mol. The Kier molecular flexibility index (Phi) is 8.31. The van der Waals surface area contributed by atoms with Crippen molar-refractivity contribution < 1.29 is 4.79 Å². The van der Waals surface area contributed by atoms with Crippen LogP contribution in [0.25, 0.3) is 22.2 Å². The third-order valence-corrected chi connectivity index (χ3v) is 8.05. The van der Waals surface area contributed by atoms with Crippen molar-refractivity contribution in [2.24, 2.45) is 0 Å². The molecule has 1 aromatic carbocycles. The first-order valence-electron chi connectivity index (χ1n) is 13.6. The number of H-pyrrole nitrogens is 1. The number of amides is 1. The summed E-state index contributed by atoms with van der Waals surface area (Å²) >= 11 is 6.56. The molecule has 9 heteroatoms. The van der Waals surface area contributed by atoms with E-state index in [0.717, 1.165) is 74.1 Å². The molecule has 1 aliphatic heterocycles. The molecular formula is C29H38ClN7O. The van der Waals surface area contributed by atoms with E-state index in [1.165, 1.54) is 12.0 Å². The molecule has 38 heavy (non-hydrogen) atoms. The van der Waals surface area contributed by atoms with Crippen molar-refractivity contribution in [1.82, 2.24) is 29.7 Å². The standard InChI is InChI=1S/C29H38ClN7O/c1-20-7-4-10-23-24(18-31-27(20)23)28-25(30)19-32-29(34-28)33-21-8-5-9-22(17-21)36-13-15-37(16-14-36)26(38)11-6-12-35(2)3/h4,6-7,10-11,18-19,21-22,31H,5,8-9,12-17H2,1-3H3,(H,32,33,34)/b11-6+/t21-,22+/m1/s1. The van der Waals surface area contributed by atoms with E-state index in [1.54, 1.807) is 12.3 Å². The summed E-state index contributed by atoms with van der Waals surface area (Å²) in [6.45, 7) is 6.29. The zero-order valence-electron chi connectivity index (χ0n) is 22.6. The van der Waals surface area contributed by atoms with Crippen LogP contribution >= 0.6 is 11.6 Å². The molecule has 1 aliphatic carbocycles. The van der Waals surface area contributed by atoms with E-state index in [1.807, 2.05) is 36.2 Å². The lowest BCUT2D eigenvalue weighted by molar-refractivity contribution is -0.128. The molecule has 1 amide bonds. The predicted octanol–water partition coefficient (Wildman–Crippen LogP) is 4.57. The third-order valence-electron chi connectivity index (χ3n) is 7.78. The van der Waals surface area contributed by atoms with Gasteiger partial charge in [-0.3, -0.25) is 9.69 Å². The lowest BCUT2D eigenvalue weighted by Crippen LogP contribution is -2.53. The van der Waals surface area contributed by atoms with E-state index < -0.39 is 0 Å². The number of piperazine rings is 1. The summed E-state index contributed by atoms with van der Waals surface area (Å²) in [7, 11) is 4.00. The Morgan fingerprint density at radius 3 is 2.84 bits per heavy atom. The van der Waals surface area contributed by atoms with Gasteiger partial charge in [0.05, 0.1) is 16.9 Å². The van der Waals surface area contributed by atoms with E-state index in [2.05, 4.69) is 45.3 Å². The van der Waals surface area contributed by atoms with E-state index in [-0.39, 0.29) is 5.91 Å². The van der Waals surface area contributed by atoms with Crippen LogP contribution in [0, 0.1) is 6.92 Å². The van der Waals surface area contributed by atoms with Crippen molar-refractivity contribution in [1.29, 1.82) is 0 Å². The number of carbonyl (C=O) groups is 1. The summed E-state index contributed by atoms with van der Waals surface area (Å²) in [5, 5.41) is 5.26. The van der Waals surface area contributed by atoms with E-state index in [0.29, 0.717) is 23.1 Å². The number of aromatic nitrogens is 3. The lowest BCUT2D eigenvalue weighted by Gasteiger charge is -2.42. The maximum atomic E-state index is 12.5. The zero-order valence-corrected chi connectivity index (χ0v) is 23.3. The van der Waals surface area contributed by atoms with Crippen molar-refractivity contribution in [2.75, 3.05) is 52.1 Å². The minimum absolute atomic E-state index is 0.121. The topological polar surface area (TPSA) is 80.4 Å². The normalized spacial score (nSPS) is 21.0. The summed E-state index contributed by atoms with van der Waals surface area (Å²) in [4.78, 5) is 31.8. The molecule has 8 nitrogen and oxygen atoms in total. The van der Waals surface area contributed by atoms with Crippen LogP contribution in [-0.4, -0.2) is 94.5 Å². The minimum atomic E-state index is 0.121. The molecular weight excluding hydrogens is 498 g/mol. The molecule has 3 aromatic rings. The summed E-state index contributed by atoms with van der Waals surface area (Å²) in [6, 6.07) is 7.06. The van der Waals surface area contributed by atoms with Gasteiger partial charge in [0.15, 0.2) is 0 Å². The van der Waals surface area contributed by atoms with Crippen molar-refractivity contribution in [3.63, 3.8) is 0 Å². The number of hydrogen-bond donors (Lipinski definition) is 2. The number of fused-ring (bicyclic) bond motifs is 1. The lowest BCUT2D eigenvalue weighted by atomic mass is 9.89. The Hall–Kier alpha value is -2.94. The third kappa shape index (κ3) is 6.03. The van der Waals surface area contributed by atoms with Crippen LogP contribution in [0.1, 0.15) is 31.2 Å². The fourth-order valence-corrected chi connectivity index (χ4v) is 5.91. The molecule has 2 aromatic heterocycles. The van der Waals surface area contributed by atoms with Gasteiger partial charge in [-0.05, 0) is 52.3 Å².